The Hall–Kier alpha value is -2.61. The summed E-state index contributed by atoms with van der Waals surface area (Å²) in [7, 11) is 0. The number of hydrogen-bond donors (Lipinski definition) is 2. The van der Waals surface area contributed by atoms with E-state index in [0.29, 0.717) is 13.0 Å². The number of benzene rings is 2. The Morgan fingerprint density at radius 3 is 2.24 bits per heavy atom. The smallest absolute Gasteiger partial charge is 0.261 e. The highest BCUT2D eigenvalue weighted by Crippen LogP contribution is 2.19. The van der Waals surface area contributed by atoms with E-state index in [1.807, 2.05) is 0 Å². The molecule has 2 rings (SSSR count). The average Bonchev–Trinajstić information content (AvgIpc) is 2.67. The molecule has 0 atom stereocenters. The Kier molecular flexibility index (Phi) is 7.61. The van der Waals surface area contributed by atoms with Crippen LogP contribution < -0.4 is 10.6 Å². The van der Waals surface area contributed by atoms with Crippen molar-refractivity contribution in [2.75, 3.05) is 17.2 Å². The highest BCUT2D eigenvalue weighted by atomic mass is 79.9. The summed E-state index contributed by atoms with van der Waals surface area (Å²) in [6, 6.07) is 10.1. The number of carbonyl (C=O) groups excluding carboxylic acids is 3. The van der Waals surface area contributed by atoms with E-state index < -0.39 is 17.5 Å². The zero-order valence-electron chi connectivity index (χ0n) is 16.0. The summed E-state index contributed by atoms with van der Waals surface area (Å²) in [5.74, 6) is -1.96. The second kappa shape index (κ2) is 9.73. The first-order valence-corrected chi connectivity index (χ1v) is 9.99. The fourth-order valence-corrected chi connectivity index (χ4v) is 2.75. The highest BCUT2D eigenvalue weighted by molar-refractivity contribution is 9.09. The van der Waals surface area contributed by atoms with Gasteiger partial charge in [-0.15, -0.1) is 0 Å². The van der Waals surface area contributed by atoms with Crippen LogP contribution in [0.3, 0.4) is 0 Å². The molecule has 0 aliphatic rings. The van der Waals surface area contributed by atoms with Crippen LogP contribution in [0, 0.1) is 5.82 Å². The molecule has 2 amide bonds. The van der Waals surface area contributed by atoms with Gasteiger partial charge < -0.3 is 10.6 Å². The van der Waals surface area contributed by atoms with Gasteiger partial charge in [-0.25, -0.2) is 8.78 Å². The minimum atomic E-state index is -2.12. The molecular weight excluding hydrogens is 446 g/mol. The molecule has 5 nitrogen and oxygen atoms in total. The molecule has 0 heterocycles. The normalized spacial score (nSPS) is 11.1. The van der Waals surface area contributed by atoms with Gasteiger partial charge in [0.15, 0.2) is 11.5 Å². The quantitative estimate of drug-likeness (QED) is 0.454. The molecular formula is C21H21BrF2N2O3. The molecule has 2 N–H and O–H groups in total. The fraction of sp³-hybridized carbons (Fsp3) is 0.286. The molecule has 0 aliphatic heterocycles. The summed E-state index contributed by atoms with van der Waals surface area (Å²) in [5, 5.41) is 5.13. The van der Waals surface area contributed by atoms with Gasteiger partial charge in [-0.05, 0) is 56.2 Å². The molecule has 0 unspecified atom stereocenters. The van der Waals surface area contributed by atoms with Crippen molar-refractivity contribution in [2.24, 2.45) is 0 Å². The van der Waals surface area contributed by atoms with E-state index >= 15 is 0 Å². The van der Waals surface area contributed by atoms with Crippen molar-refractivity contribution in [1.29, 1.82) is 0 Å². The van der Waals surface area contributed by atoms with Crippen LogP contribution in [0.25, 0.3) is 0 Å². The van der Waals surface area contributed by atoms with Crippen LogP contribution in [0.2, 0.25) is 0 Å². The van der Waals surface area contributed by atoms with E-state index in [-0.39, 0.29) is 33.7 Å². The molecule has 2 aromatic carbocycles. The monoisotopic (exact) mass is 466 g/mol. The zero-order valence-corrected chi connectivity index (χ0v) is 17.6. The average molecular weight is 467 g/mol. The predicted octanol–water partition coefficient (Wildman–Crippen LogP) is 4.06. The maximum Gasteiger partial charge on any atom is 0.261 e. The molecule has 29 heavy (non-hydrogen) atoms. The summed E-state index contributed by atoms with van der Waals surface area (Å²) in [6.07, 6.45) is 0.492. The van der Waals surface area contributed by atoms with E-state index in [0.717, 1.165) is 19.4 Å². The van der Waals surface area contributed by atoms with E-state index in [4.69, 9.17) is 0 Å². The predicted molar refractivity (Wildman–Crippen MR) is 111 cm³/mol. The van der Waals surface area contributed by atoms with Crippen LogP contribution >= 0.6 is 15.9 Å². The first-order chi connectivity index (χ1) is 13.6. The van der Waals surface area contributed by atoms with Gasteiger partial charge >= 0.3 is 0 Å². The van der Waals surface area contributed by atoms with E-state index in [1.54, 1.807) is 12.1 Å². The van der Waals surface area contributed by atoms with Gasteiger partial charge in [-0.1, -0.05) is 28.1 Å². The molecule has 2 aromatic rings. The second-order valence-electron chi connectivity index (χ2n) is 6.91. The summed E-state index contributed by atoms with van der Waals surface area (Å²) in [6.45, 7) is 2.51. The third kappa shape index (κ3) is 6.74. The minimum absolute atomic E-state index is 0.0324. The molecule has 0 saturated carbocycles. The van der Waals surface area contributed by atoms with Gasteiger partial charge in [-0.3, -0.25) is 14.4 Å². The first-order valence-electron chi connectivity index (χ1n) is 8.87. The lowest BCUT2D eigenvalue weighted by molar-refractivity contribution is -0.125. The second-order valence-corrected chi connectivity index (χ2v) is 7.48. The molecule has 8 heteroatoms. The molecule has 154 valence electrons. The van der Waals surface area contributed by atoms with Gasteiger partial charge in [0.05, 0.1) is 5.33 Å². The zero-order chi connectivity index (χ0) is 21.6. The number of Topliss-reactive ketones (excluding diaryl/α,β-unsaturated/α-hetero) is 1. The number of anilines is 1. The Balaban J connectivity index is 2.15. The molecule has 0 fully saturated rings. The minimum Gasteiger partial charge on any atom is -0.352 e. The number of rotatable bonds is 8. The van der Waals surface area contributed by atoms with Crippen LogP contribution in [0.5, 0.6) is 0 Å². The fourth-order valence-electron chi connectivity index (χ4n) is 2.42. The SMILES string of the molecule is CC(C)(F)C(=O)Nc1cc(C(=O)CBr)cc(C(=O)NCCc2ccc(F)cc2)c1. The maximum absolute atomic E-state index is 13.8. The van der Waals surface area contributed by atoms with Crippen LogP contribution in [-0.2, 0) is 11.2 Å². The number of alkyl halides is 2. The summed E-state index contributed by atoms with van der Waals surface area (Å²) in [5.41, 5.74) is -0.750. The van der Waals surface area contributed by atoms with Gasteiger partial charge in [0.2, 0.25) is 0 Å². The Morgan fingerprint density at radius 2 is 1.66 bits per heavy atom. The number of ketones is 1. The molecule has 0 aromatic heterocycles. The third-order valence-electron chi connectivity index (χ3n) is 4.05. The summed E-state index contributed by atoms with van der Waals surface area (Å²) < 4.78 is 26.8. The van der Waals surface area contributed by atoms with Gasteiger partial charge in [0, 0.05) is 23.4 Å². The van der Waals surface area contributed by atoms with Crippen molar-refractivity contribution in [2.45, 2.75) is 25.9 Å². The number of nitrogens with one attached hydrogen (secondary N) is 2. The van der Waals surface area contributed by atoms with Crippen molar-refractivity contribution >= 4 is 39.2 Å². The van der Waals surface area contributed by atoms with E-state index in [2.05, 4.69) is 26.6 Å². The third-order valence-corrected chi connectivity index (χ3v) is 4.56. The Bertz CT molecular complexity index is 909. The molecule has 0 bridgehead atoms. The van der Waals surface area contributed by atoms with E-state index in [9.17, 15) is 23.2 Å². The summed E-state index contributed by atoms with van der Waals surface area (Å²) in [4.78, 5) is 36.5. The number of amides is 2. The largest absolute Gasteiger partial charge is 0.352 e. The van der Waals surface area contributed by atoms with Crippen LogP contribution in [0.4, 0.5) is 14.5 Å². The van der Waals surface area contributed by atoms with Crippen molar-refractivity contribution < 1.29 is 23.2 Å². The highest BCUT2D eigenvalue weighted by Gasteiger charge is 2.27. The van der Waals surface area contributed by atoms with Crippen molar-refractivity contribution in [3.05, 3.63) is 65.0 Å². The number of carbonyl (C=O) groups is 3. The lowest BCUT2D eigenvalue weighted by Gasteiger charge is -2.15. The Labute approximate surface area is 176 Å². The molecule has 0 radical (unpaired) electrons. The van der Waals surface area contributed by atoms with Crippen LogP contribution in [0.15, 0.2) is 42.5 Å². The van der Waals surface area contributed by atoms with Crippen LogP contribution in [0.1, 0.15) is 40.1 Å². The van der Waals surface area contributed by atoms with Crippen molar-refractivity contribution in [3.8, 4) is 0 Å². The molecule has 0 saturated heterocycles. The maximum atomic E-state index is 13.8. The van der Waals surface area contributed by atoms with Crippen molar-refractivity contribution in [3.63, 3.8) is 0 Å². The van der Waals surface area contributed by atoms with Crippen LogP contribution in [-0.4, -0.2) is 35.1 Å². The first kappa shape index (κ1) is 22.7. The molecule has 0 spiro atoms. The lowest BCUT2D eigenvalue weighted by Crippen LogP contribution is -2.33. The lowest BCUT2D eigenvalue weighted by atomic mass is 10.0. The standard InChI is InChI=1S/C21H21BrF2N2O3/c1-21(2,24)20(29)26-17-10-14(18(27)12-22)9-15(11-17)19(28)25-8-7-13-3-5-16(23)6-4-13/h3-6,9-11H,7-8,12H2,1-2H3,(H,25,28)(H,26,29). The topological polar surface area (TPSA) is 75.3 Å². The van der Waals surface area contributed by atoms with Gasteiger partial charge in [0.1, 0.15) is 5.82 Å². The van der Waals surface area contributed by atoms with Crippen molar-refractivity contribution in [1.82, 2.24) is 5.32 Å². The van der Waals surface area contributed by atoms with Gasteiger partial charge in [-0.2, -0.15) is 0 Å². The molecule has 0 aliphatic carbocycles. The summed E-state index contributed by atoms with van der Waals surface area (Å²) >= 11 is 3.07. The van der Waals surface area contributed by atoms with Gasteiger partial charge in [0.25, 0.3) is 11.8 Å². The number of hydrogen-bond acceptors (Lipinski definition) is 3. The Morgan fingerprint density at radius 1 is 1.03 bits per heavy atom. The number of halogens is 3. The van der Waals surface area contributed by atoms with E-state index in [1.165, 1.54) is 30.3 Å².